The van der Waals surface area contributed by atoms with Crippen LogP contribution in [0.3, 0.4) is 0 Å². The van der Waals surface area contributed by atoms with E-state index in [-0.39, 0.29) is 19.7 Å². The first kappa shape index (κ1) is 20.1. The van der Waals surface area contributed by atoms with Gasteiger partial charge in [0.25, 0.3) is 0 Å². The van der Waals surface area contributed by atoms with Crippen LogP contribution in [-0.4, -0.2) is 40.3 Å². The highest BCUT2D eigenvalue weighted by Crippen LogP contribution is 2.25. The second kappa shape index (κ2) is 8.91. The van der Waals surface area contributed by atoms with Crippen LogP contribution in [0.5, 0.6) is 5.75 Å². The highest BCUT2D eigenvalue weighted by atomic mass is 35.5. The van der Waals surface area contributed by atoms with E-state index in [0.717, 1.165) is 10.6 Å². The average Bonchev–Trinajstić information content (AvgIpc) is 2.57. The molecule has 8 heteroatoms. The number of hydrogen-bond donors (Lipinski definition) is 1. The summed E-state index contributed by atoms with van der Waals surface area (Å²) < 4.78 is 30.8. The van der Waals surface area contributed by atoms with E-state index in [2.05, 4.69) is 5.32 Å². The summed E-state index contributed by atoms with van der Waals surface area (Å²) in [4.78, 5) is 12.2. The fourth-order valence-electron chi connectivity index (χ4n) is 2.34. The van der Waals surface area contributed by atoms with E-state index in [0.29, 0.717) is 22.0 Å². The molecule has 1 N–H and O–H groups in total. The van der Waals surface area contributed by atoms with Gasteiger partial charge < -0.3 is 10.1 Å². The zero-order valence-electron chi connectivity index (χ0n) is 14.6. The third-order valence-electron chi connectivity index (χ3n) is 3.55. The molecule has 2 aromatic rings. The van der Waals surface area contributed by atoms with Crippen molar-refractivity contribution < 1.29 is 17.9 Å². The van der Waals surface area contributed by atoms with Gasteiger partial charge in [0.2, 0.25) is 15.9 Å². The van der Waals surface area contributed by atoms with Gasteiger partial charge in [-0.3, -0.25) is 9.10 Å². The quantitative estimate of drug-likeness (QED) is 0.696. The van der Waals surface area contributed by atoms with E-state index >= 15 is 0 Å². The van der Waals surface area contributed by atoms with E-state index in [9.17, 15) is 13.2 Å². The summed E-state index contributed by atoms with van der Waals surface area (Å²) in [5.74, 6) is 0.290. The molecule has 0 spiro atoms. The molecule has 0 aliphatic heterocycles. The zero-order chi connectivity index (χ0) is 19.2. The monoisotopic (exact) mass is 396 g/mol. The van der Waals surface area contributed by atoms with Crippen molar-refractivity contribution in [2.45, 2.75) is 6.92 Å². The number of hydrogen-bond acceptors (Lipinski definition) is 4. The summed E-state index contributed by atoms with van der Waals surface area (Å²) in [5, 5.41) is 3.16. The standard InChI is InChI=1S/C18H21ClN2O4S/c1-14-12-15(19)8-9-17(14)21(26(2,23)24)13-18(22)20-10-11-25-16-6-4-3-5-7-16/h3-9,12H,10-11,13H2,1-2H3,(H,20,22). The number of benzene rings is 2. The number of halogens is 1. The highest BCUT2D eigenvalue weighted by Gasteiger charge is 2.22. The molecule has 0 atom stereocenters. The lowest BCUT2D eigenvalue weighted by Crippen LogP contribution is -2.41. The summed E-state index contributed by atoms with van der Waals surface area (Å²) >= 11 is 5.92. The third kappa shape index (κ3) is 5.93. The minimum atomic E-state index is -3.62. The number of rotatable bonds is 8. The Morgan fingerprint density at radius 3 is 2.50 bits per heavy atom. The largest absolute Gasteiger partial charge is 0.492 e. The zero-order valence-corrected chi connectivity index (χ0v) is 16.2. The van der Waals surface area contributed by atoms with E-state index in [4.69, 9.17) is 16.3 Å². The number of nitrogens with one attached hydrogen (secondary N) is 1. The van der Waals surface area contributed by atoms with Crippen molar-refractivity contribution in [3.8, 4) is 5.75 Å². The van der Waals surface area contributed by atoms with E-state index in [1.807, 2.05) is 30.3 Å². The van der Waals surface area contributed by atoms with Crippen molar-refractivity contribution in [2.24, 2.45) is 0 Å². The lowest BCUT2D eigenvalue weighted by Gasteiger charge is -2.23. The fraction of sp³-hybridized carbons (Fsp3) is 0.278. The molecule has 0 radical (unpaired) electrons. The molecule has 2 rings (SSSR count). The molecule has 0 fully saturated rings. The van der Waals surface area contributed by atoms with Crippen LogP contribution in [0.25, 0.3) is 0 Å². The van der Waals surface area contributed by atoms with Gasteiger partial charge in [-0.2, -0.15) is 0 Å². The van der Waals surface area contributed by atoms with Crippen molar-refractivity contribution in [3.63, 3.8) is 0 Å². The van der Waals surface area contributed by atoms with Crippen molar-refractivity contribution in [2.75, 3.05) is 30.3 Å². The van der Waals surface area contributed by atoms with E-state index < -0.39 is 15.9 Å². The fourth-order valence-corrected chi connectivity index (χ4v) is 3.48. The molecule has 0 bridgehead atoms. The Bertz CT molecular complexity index is 857. The van der Waals surface area contributed by atoms with E-state index in [1.54, 1.807) is 25.1 Å². The molecule has 0 aliphatic rings. The summed E-state index contributed by atoms with van der Waals surface area (Å²) in [5.41, 5.74) is 1.09. The third-order valence-corrected chi connectivity index (χ3v) is 4.91. The first-order valence-corrected chi connectivity index (χ1v) is 10.2. The first-order chi connectivity index (χ1) is 12.3. The predicted octanol–water partition coefficient (Wildman–Crippen LogP) is 2.61. The molecule has 140 valence electrons. The molecule has 1 amide bonds. The van der Waals surface area contributed by atoms with Gasteiger partial charge in [0.15, 0.2) is 0 Å². The molecular formula is C18H21ClN2O4S. The number of sulfonamides is 1. The van der Waals surface area contributed by atoms with Gasteiger partial charge in [-0.1, -0.05) is 29.8 Å². The van der Waals surface area contributed by atoms with Crippen LogP contribution in [0.4, 0.5) is 5.69 Å². The number of carbonyl (C=O) groups excluding carboxylic acids is 1. The first-order valence-electron chi connectivity index (χ1n) is 7.96. The Kier molecular flexibility index (Phi) is 6.88. The second-order valence-electron chi connectivity index (χ2n) is 5.71. The maximum atomic E-state index is 12.2. The summed E-state index contributed by atoms with van der Waals surface area (Å²) in [7, 11) is -3.62. The molecule has 0 heterocycles. The summed E-state index contributed by atoms with van der Waals surface area (Å²) in [6.07, 6.45) is 1.06. The van der Waals surface area contributed by atoms with Crippen LogP contribution in [0.2, 0.25) is 5.02 Å². The maximum absolute atomic E-state index is 12.2. The molecular weight excluding hydrogens is 376 g/mol. The van der Waals surface area contributed by atoms with Gasteiger partial charge >= 0.3 is 0 Å². The number of carbonyl (C=O) groups is 1. The Labute approximate surface area is 158 Å². The van der Waals surface area contributed by atoms with Gasteiger partial charge in [-0.05, 0) is 42.8 Å². The Morgan fingerprint density at radius 2 is 1.88 bits per heavy atom. The smallest absolute Gasteiger partial charge is 0.240 e. The molecule has 0 aliphatic carbocycles. The summed E-state index contributed by atoms with van der Waals surface area (Å²) in [6, 6.07) is 14.1. The molecule has 0 unspecified atom stereocenters. The van der Waals surface area contributed by atoms with Crippen LogP contribution in [0, 0.1) is 6.92 Å². The number of amides is 1. The van der Waals surface area contributed by atoms with Crippen molar-refractivity contribution >= 4 is 33.2 Å². The van der Waals surface area contributed by atoms with Crippen molar-refractivity contribution in [1.82, 2.24) is 5.32 Å². The minimum Gasteiger partial charge on any atom is -0.492 e. The molecule has 0 aromatic heterocycles. The number of anilines is 1. The molecule has 0 saturated carbocycles. The normalized spacial score (nSPS) is 11.0. The molecule has 6 nitrogen and oxygen atoms in total. The summed E-state index contributed by atoms with van der Waals surface area (Å²) in [6.45, 7) is 1.98. The van der Waals surface area contributed by atoms with Gasteiger partial charge in [0.1, 0.15) is 18.9 Å². The number of aryl methyl sites for hydroxylation is 1. The molecule has 2 aromatic carbocycles. The van der Waals surface area contributed by atoms with Crippen molar-refractivity contribution in [3.05, 3.63) is 59.1 Å². The number of para-hydroxylation sites is 1. The van der Waals surface area contributed by atoms with Crippen LogP contribution in [0.15, 0.2) is 48.5 Å². The highest BCUT2D eigenvalue weighted by molar-refractivity contribution is 7.92. The molecule has 26 heavy (non-hydrogen) atoms. The molecule has 0 saturated heterocycles. The predicted molar refractivity (Wildman–Crippen MR) is 103 cm³/mol. The number of ether oxygens (including phenoxy) is 1. The lowest BCUT2D eigenvalue weighted by molar-refractivity contribution is -0.119. The Morgan fingerprint density at radius 1 is 1.19 bits per heavy atom. The van der Waals surface area contributed by atoms with E-state index in [1.165, 1.54) is 0 Å². The van der Waals surface area contributed by atoms with Crippen LogP contribution in [0.1, 0.15) is 5.56 Å². The Balaban J connectivity index is 1.94. The maximum Gasteiger partial charge on any atom is 0.240 e. The number of nitrogens with zero attached hydrogens (tertiary/aromatic N) is 1. The van der Waals surface area contributed by atoms with Crippen LogP contribution < -0.4 is 14.4 Å². The van der Waals surface area contributed by atoms with Crippen molar-refractivity contribution in [1.29, 1.82) is 0 Å². The van der Waals surface area contributed by atoms with Gasteiger partial charge in [-0.15, -0.1) is 0 Å². The van der Waals surface area contributed by atoms with Gasteiger partial charge in [0, 0.05) is 5.02 Å². The minimum absolute atomic E-state index is 0.269. The second-order valence-corrected chi connectivity index (χ2v) is 8.06. The van der Waals surface area contributed by atoms with Crippen LogP contribution in [-0.2, 0) is 14.8 Å². The SMILES string of the molecule is Cc1cc(Cl)ccc1N(CC(=O)NCCOc1ccccc1)S(C)(=O)=O. The van der Waals surface area contributed by atoms with Gasteiger partial charge in [-0.25, -0.2) is 8.42 Å². The van der Waals surface area contributed by atoms with Gasteiger partial charge in [0.05, 0.1) is 18.5 Å². The average molecular weight is 397 g/mol. The lowest BCUT2D eigenvalue weighted by atomic mass is 10.2. The topological polar surface area (TPSA) is 75.7 Å². The Hall–Kier alpha value is -2.25. The van der Waals surface area contributed by atoms with Crippen LogP contribution >= 0.6 is 11.6 Å².